The summed E-state index contributed by atoms with van der Waals surface area (Å²) >= 11 is 0. The Morgan fingerprint density at radius 2 is 1.41 bits per heavy atom. The van der Waals surface area contributed by atoms with Crippen LogP contribution in [0.3, 0.4) is 0 Å². The van der Waals surface area contributed by atoms with Crippen LogP contribution in [-0.4, -0.2) is 37.3 Å². The van der Waals surface area contributed by atoms with Gasteiger partial charge < -0.3 is 0 Å². The van der Waals surface area contributed by atoms with Crippen molar-refractivity contribution in [2.75, 3.05) is 18.8 Å². The summed E-state index contributed by atoms with van der Waals surface area (Å²) in [6.45, 7) is 5.19. The SMILES string of the molecule is CC1(C)C2CC[C@@]1(CS(=O)(=O)N1CCC(c3ccccc3)(c3ccccc3)CC1)C(=O)C2. The molecule has 2 aromatic carbocycles. The predicted molar refractivity (Wildman–Crippen MR) is 127 cm³/mol. The minimum Gasteiger partial charge on any atom is -0.299 e. The van der Waals surface area contributed by atoms with Gasteiger partial charge in [-0.3, -0.25) is 4.79 Å². The van der Waals surface area contributed by atoms with Crippen LogP contribution in [0.25, 0.3) is 0 Å². The highest BCUT2D eigenvalue weighted by molar-refractivity contribution is 7.89. The molecule has 4 nitrogen and oxygen atoms in total. The molecule has 2 atom stereocenters. The highest BCUT2D eigenvalue weighted by Crippen LogP contribution is 2.64. The van der Waals surface area contributed by atoms with E-state index in [0.717, 1.165) is 19.3 Å². The molecule has 5 heteroatoms. The van der Waals surface area contributed by atoms with Crippen LogP contribution in [0.15, 0.2) is 60.7 Å². The number of Topliss-reactive ketones (excluding diaryl/α,β-unsaturated/α-hetero) is 1. The van der Waals surface area contributed by atoms with Gasteiger partial charge in [0, 0.05) is 30.3 Å². The van der Waals surface area contributed by atoms with Crippen LogP contribution in [0.1, 0.15) is 57.1 Å². The van der Waals surface area contributed by atoms with Gasteiger partial charge in [0.1, 0.15) is 5.78 Å². The molecule has 5 rings (SSSR count). The van der Waals surface area contributed by atoms with Crippen molar-refractivity contribution in [1.29, 1.82) is 0 Å². The first-order chi connectivity index (χ1) is 15.2. The van der Waals surface area contributed by atoms with Crippen molar-refractivity contribution in [3.05, 3.63) is 71.8 Å². The molecule has 2 aromatic rings. The van der Waals surface area contributed by atoms with Gasteiger partial charge in [0.2, 0.25) is 10.0 Å². The molecule has 3 aliphatic rings. The maximum absolute atomic E-state index is 13.6. The third-order valence-corrected chi connectivity index (χ3v) is 11.2. The molecule has 0 N–H and O–H groups in total. The summed E-state index contributed by atoms with van der Waals surface area (Å²) in [5.41, 5.74) is 1.36. The number of ketones is 1. The largest absolute Gasteiger partial charge is 0.299 e. The molecular weight excluding hydrogens is 418 g/mol. The van der Waals surface area contributed by atoms with E-state index < -0.39 is 15.4 Å². The molecule has 0 aromatic heterocycles. The number of hydrogen-bond donors (Lipinski definition) is 0. The molecule has 3 fully saturated rings. The summed E-state index contributed by atoms with van der Waals surface area (Å²) in [6.07, 6.45) is 3.72. The topological polar surface area (TPSA) is 54.5 Å². The first-order valence-electron chi connectivity index (χ1n) is 11.8. The highest BCUT2D eigenvalue weighted by Gasteiger charge is 2.65. The second kappa shape index (κ2) is 7.53. The lowest BCUT2D eigenvalue weighted by atomic mass is 9.68. The van der Waals surface area contributed by atoms with E-state index in [4.69, 9.17) is 0 Å². The summed E-state index contributed by atoms with van der Waals surface area (Å²) in [5, 5.41) is 0. The lowest BCUT2D eigenvalue weighted by molar-refractivity contribution is -0.128. The van der Waals surface area contributed by atoms with Gasteiger partial charge in [-0.05, 0) is 48.1 Å². The number of carbonyl (C=O) groups is 1. The monoisotopic (exact) mass is 451 g/mol. The number of hydrogen-bond acceptors (Lipinski definition) is 3. The Morgan fingerprint density at radius 1 is 0.875 bits per heavy atom. The molecule has 1 aliphatic heterocycles. The Kier molecular flexibility index (Phi) is 5.14. The zero-order chi connectivity index (χ0) is 22.6. The van der Waals surface area contributed by atoms with Gasteiger partial charge in [-0.15, -0.1) is 0 Å². The van der Waals surface area contributed by atoms with Crippen molar-refractivity contribution in [2.45, 2.75) is 51.4 Å². The molecule has 0 spiro atoms. The van der Waals surface area contributed by atoms with Crippen LogP contribution in [0.5, 0.6) is 0 Å². The number of rotatable bonds is 5. The molecular formula is C27H33NO3S. The fourth-order valence-electron chi connectivity index (χ4n) is 6.92. The van der Waals surface area contributed by atoms with Gasteiger partial charge in [0.15, 0.2) is 0 Å². The Labute approximate surface area is 192 Å². The Bertz CT molecular complexity index is 1060. The van der Waals surface area contributed by atoms with E-state index >= 15 is 0 Å². The number of sulfonamides is 1. The molecule has 32 heavy (non-hydrogen) atoms. The molecule has 2 saturated carbocycles. The number of fused-ring (bicyclic) bond motifs is 2. The fraction of sp³-hybridized carbons (Fsp3) is 0.519. The minimum atomic E-state index is -3.52. The quantitative estimate of drug-likeness (QED) is 0.657. The molecule has 1 saturated heterocycles. The van der Waals surface area contributed by atoms with E-state index in [9.17, 15) is 13.2 Å². The zero-order valence-corrected chi connectivity index (χ0v) is 19.9. The molecule has 0 amide bonds. The van der Waals surface area contributed by atoms with Gasteiger partial charge in [-0.2, -0.15) is 0 Å². The number of benzene rings is 2. The van der Waals surface area contributed by atoms with Crippen molar-refractivity contribution in [3.63, 3.8) is 0 Å². The zero-order valence-electron chi connectivity index (χ0n) is 19.1. The molecule has 170 valence electrons. The third kappa shape index (κ3) is 3.12. The smallest absolute Gasteiger partial charge is 0.215 e. The summed E-state index contributed by atoms with van der Waals surface area (Å²) in [5.74, 6) is 0.476. The Hall–Kier alpha value is -1.98. The Morgan fingerprint density at radius 3 is 1.84 bits per heavy atom. The first-order valence-corrected chi connectivity index (χ1v) is 13.4. The standard InChI is InChI=1S/C27H33NO3S/c1-25(2)23-13-14-27(25,24(29)19-23)20-32(30,31)28-17-15-26(16-18-28,21-9-5-3-6-10-21)22-11-7-4-8-12-22/h3-12,23H,13-20H2,1-2H3/t23?,27-/m1/s1. The second-order valence-corrected chi connectivity index (χ2v) is 12.6. The van der Waals surface area contributed by atoms with Crippen LogP contribution >= 0.6 is 0 Å². The number of nitrogens with zero attached hydrogens (tertiary/aromatic N) is 1. The minimum absolute atomic E-state index is 0.0218. The van der Waals surface area contributed by atoms with Gasteiger partial charge >= 0.3 is 0 Å². The predicted octanol–water partition coefficient (Wildman–Crippen LogP) is 4.79. The lowest BCUT2D eigenvalue weighted by Crippen LogP contribution is -2.50. The average Bonchev–Trinajstić information content (AvgIpc) is 3.14. The van der Waals surface area contributed by atoms with Gasteiger partial charge in [0.25, 0.3) is 0 Å². The van der Waals surface area contributed by atoms with Crippen molar-refractivity contribution in [2.24, 2.45) is 16.7 Å². The van der Waals surface area contributed by atoms with Crippen LogP contribution in [0.4, 0.5) is 0 Å². The Balaban J connectivity index is 1.41. The first kappa shape index (κ1) is 21.8. The van der Waals surface area contributed by atoms with E-state index in [1.807, 2.05) is 12.1 Å². The van der Waals surface area contributed by atoms with E-state index in [-0.39, 0.29) is 22.4 Å². The van der Waals surface area contributed by atoms with E-state index in [1.54, 1.807) is 4.31 Å². The molecule has 1 heterocycles. The maximum atomic E-state index is 13.6. The van der Waals surface area contributed by atoms with Gasteiger partial charge in [-0.25, -0.2) is 12.7 Å². The molecule has 1 unspecified atom stereocenters. The fourth-order valence-corrected chi connectivity index (χ4v) is 9.14. The normalized spacial score (nSPS) is 29.3. The highest BCUT2D eigenvalue weighted by atomic mass is 32.2. The second-order valence-electron chi connectivity index (χ2n) is 10.6. The van der Waals surface area contributed by atoms with Gasteiger partial charge in [0.05, 0.1) is 5.75 Å². The van der Waals surface area contributed by atoms with Crippen molar-refractivity contribution >= 4 is 15.8 Å². The summed E-state index contributed by atoms with van der Waals surface area (Å²) in [7, 11) is -3.52. The van der Waals surface area contributed by atoms with Crippen molar-refractivity contribution in [3.8, 4) is 0 Å². The number of piperidine rings is 1. The third-order valence-electron chi connectivity index (χ3n) is 9.19. The van der Waals surface area contributed by atoms with E-state index in [2.05, 4.69) is 62.4 Å². The molecule has 0 radical (unpaired) electrons. The number of carbonyl (C=O) groups excluding carboxylic acids is 1. The van der Waals surface area contributed by atoms with Crippen LogP contribution in [0, 0.1) is 16.7 Å². The summed E-state index contributed by atoms with van der Waals surface area (Å²) < 4.78 is 28.9. The lowest BCUT2D eigenvalue weighted by Gasteiger charge is -2.44. The summed E-state index contributed by atoms with van der Waals surface area (Å²) in [6, 6.07) is 20.9. The van der Waals surface area contributed by atoms with Crippen molar-refractivity contribution < 1.29 is 13.2 Å². The maximum Gasteiger partial charge on any atom is 0.215 e. The van der Waals surface area contributed by atoms with Crippen LogP contribution < -0.4 is 0 Å². The molecule has 2 aliphatic carbocycles. The van der Waals surface area contributed by atoms with Crippen molar-refractivity contribution in [1.82, 2.24) is 4.31 Å². The van der Waals surface area contributed by atoms with E-state index in [1.165, 1.54) is 11.1 Å². The van der Waals surface area contributed by atoms with E-state index in [0.29, 0.717) is 31.8 Å². The van der Waals surface area contributed by atoms with Crippen LogP contribution in [-0.2, 0) is 20.2 Å². The average molecular weight is 452 g/mol. The van der Waals surface area contributed by atoms with Crippen LogP contribution in [0.2, 0.25) is 0 Å². The van der Waals surface area contributed by atoms with Gasteiger partial charge in [-0.1, -0.05) is 74.5 Å². The molecule has 2 bridgehead atoms. The summed E-state index contributed by atoms with van der Waals surface area (Å²) in [4.78, 5) is 12.9.